The highest BCUT2D eigenvalue weighted by Crippen LogP contribution is 2.33. The number of morpholine rings is 1. The molecule has 5 heteroatoms. The number of nitrogens with zero attached hydrogens (tertiary/aromatic N) is 1. The van der Waals surface area contributed by atoms with E-state index >= 15 is 0 Å². The molecule has 1 saturated heterocycles. The van der Waals surface area contributed by atoms with E-state index in [0.29, 0.717) is 19.1 Å². The zero-order valence-corrected chi connectivity index (χ0v) is 13.3. The van der Waals surface area contributed by atoms with Gasteiger partial charge in [0, 0.05) is 13.0 Å². The first-order valence-electron chi connectivity index (χ1n) is 8.61. The predicted octanol–water partition coefficient (Wildman–Crippen LogP) is 2.52. The van der Waals surface area contributed by atoms with Crippen LogP contribution in [0.15, 0.2) is 18.2 Å². The van der Waals surface area contributed by atoms with Crippen molar-refractivity contribution in [3.63, 3.8) is 0 Å². The lowest BCUT2D eigenvalue weighted by Gasteiger charge is -2.43. The van der Waals surface area contributed by atoms with Gasteiger partial charge >= 0.3 is 0 Å². The number of hydrogen-bond donors (Lipinski definition) is 0. The Labute approximate surface area is 136 Å². The lowest BCUT2D eigenvalue weighted by molar-refractivity contribution is -0.149. The van der Waals surface area contributed by atoms with Gasteiger partial charge in [-0.05, 0) is 37.0 Å². The SMILES string of the molecule is O=C(CCc1ccc2c(c1)OCO2)N1CCOC2CCCCC21. The molecule has 5 nitrogen and oxygen atoms in total. The number of carbonyl (C=O) groups excluding carboxylic acids is 1. The molecule has 2 aliphatic heterocycles. The van der Waals surface area contributed by atoms with Crippen LogP contribution in [0.25, 0.3) is 0 Å². The third-order valence-corrected chi connectivity index (χ3v) is 5.12. The molecule has 0 aromatic heterocycles. The van der Waals surface area contributed by atoms with Gasteiger partial charge in [0.05, 0.1) is 18.8 Å². The first-order valence-corrected chi connectivity index (χ1v) is 8.61. The highest BCUT2D eigenvalue weighted by molar-refractivity contribution is 5.77. The number of carbonyl (C=O) groups is 1. The van der Waals surface area contributed by atoms with Crippen LogP contribution in [0, 0.1) is 0 Å². The number of amides is 1. The van der Waals surface area contributed by atoms with Crippen molar-refractivity contribution in [2.45, 2.75) is 50.7 Å². The average molecular weight is 317 g/mol. The molecule has 3 aliphatic rings. The Kier molecular flexibility index (Phi) is 4.12. The van der Waals surface area contributed by atoms with E-state index in [1.54, 1.807) is 0 Å². The minimum atomic E-state index is 0.253. The number of rotatable bonds is 3. The van der Waals surface area contributed by atoms with E-state index in [-0.39, 0.29) is 18.8 Å². The third kappa shape index (κ3) is 3.02. The van der Waals surface area contributed by atoms with Crippen LogP contribution >= 0.6 is 0 Å². The van der Waals surface area contributed by atoms with Gasteiger partial charge in [-0.15, -0.1) is 0 Å². The summed E-state index contributed by atoms with van der Waals surface area (Å²) in [6, 6.07) is 6.22. The molecule has 1 amide bonds. The zero-order chi connectivity index (χ0) is 15.6. The molecule has 0 N–H and O–H groups in total. The molecule has 0 spiro atoms. The van der Waals surface area contributed by atoms with Gasteiger partial charge in [0.25, 0.3) is 0 Å². The fraction of sp³-hybridized carbons (Fsp3) is 0.611. The summed E-state index contributed by atoms with van der Waals surface area (Å²) in [5, 5.41) is 0. The molecule has 0 radical (unpaired) electrons. The summed E-state index contributed by atoms with van der Waals surface area (Å²) in [5.41, 5.74) is 1.12. The fourth-order valence-corrected chi connectivity index (χ4v) is 3.90. The van der Waals surface area contributed by atoms with Crippen LogP contribution < -0.4 is 9.47 Å². The fourth-order valence-electron chi connectivity index (χ4n) is 3.90. The summed E-state index contributed by atoms with van der Waals surface area (Å²) in [7, 11) is 0. The second kappa shape index (κ2) is 6.40. The van der Waals surface area contributed by atoms with Crippen molar-refractivity contribution in [3.05, 3.63) is 23.8 Å². The van der Waals surface area contributed by atoms with E-state index < -0.39 is 0 Å². The molecule has 1 aliphatic carbocycles. The molecule has 2 heterocycles. The molecule has 2 fully saturated rings. The van der Waals surface area contributed by atoms with Crippen LogP contribution in [0.5, 0.6) is 11.5 Å². The monoisotopic (exact) mass is 317 g/mol. The minimum absolute atomic E-state index is 0.253. The van der Waals surface area contributed by atoms with E-state index in [9.17, 15) is 4.79 Å². The van der Waals surface area contributed by atoms with Crippen molar-refractivity contribution < 1.29 is 19.0 Å². The zero-order valence-electron chi connectivity index (χ0n) is 13.3. The van der Waals surface area contributed by atoms with E-state index in [0.717, 1.165) is 42.9 Å². The van der Waals surface area contributed by atoms with Crippen molar-refractivity contribution in [2.75, 3.05) is 19.9 Å². The van der Waals surface area contributed by atoms with Gasteiger partial charge in [-0.3, -0.25) is 4.79 Å². The van der Waals surface area contributed by atoms with Gasteiger partial charge in [0.15, 0.2) is 11.5 Å². The summed E-state index contributed by atoms with van der Waals surface area (Å²) in [6.45, 7) is 1.70. The van der Waals surface area contributed by atoms with Crippen LogP contribution in [0.2, 0.25) is 0 Å². The molecule has 2 unspecified atom stereocenters. The largest absolute Gasteiger partial charge is 0.454 e. The maximum absolute atomic E-state index is 12.7. The van der Waals surface area contributed by atoms with Crippen LogP contribution in [-0.4, -0.2) is 42.9 Å². The van der Waals surface area contributed by atoms with Crippen molar-refractivity contribution in [2.24, 2.45) is 0 Å². The lowest BCUT2D eigenvalue weighted by Crippen LogP contribution is -2.54. The number of ether oxygens (including phenoxy) is 3. The molecular weight excluding hydrogens is 294 g/mol. The first-order chi connectivity index (χ1) is 11.3. The second-order valence-electron chi connectivity index (χ2n) is 6.54. The first kappa shape index (κ1) is 14.8. The quantitative estimate of drug-likeness (QED) is 0.859. The minimum Gasteiger partial charge on any atom is -0.454 e. The van der Waals surface area contributed by atoms with Crippen LogP contribution in [0.4, 0.5) is 0 Å². The predicted molar refractivity (Wildman–Crippen MR) is 84.6 cm³/mol. The van der Waals surface area contributed by atoms with Gasteiger partial charge in [-0.2, -0.15) is 0 Å². The van der Waals surface area contributed by atoms with E-state index in [4.69, 9.17) is 14.2 Å². The Bertz CT molecular complexity index is 586. The Morgan fingerprint density at radius 1 is 1.17 bits per heavy atom. The van der Waals surface area contributed by atoms with Gasteiger partial charge in [-0.1, -0.05) is 18.9 Å². The second-order valence-corrected chi connectivity index (χ2v) is 6.54. The topological polar surface area (TPSA) is 48.0 Å². The van der Waals surface area contributed by atoms with E-state index in [1.165, 1.54) is 12.8 Å². The normalized spacial score (nSPS) is 26.0. The van der Waals surface area contributed by atoms with Crippen LogP contribution in [0.1, 0.15) is 37.7 Å². The summed E-state index contributed by atoms with van der Waals surface area (Å²) < 4.78 is 16.6. The van der Waals surface area contributed by atoms with Crippen molar-refractivity contribution in [1.82, 2.24) is 4.90 Å². The Morgan fingerprint density at radius 3 is 3.00 bits per heavy atom. The van der Waals surface area contributed by atoms with Crippen LogP contribution in [0.3, 0.4) is 0 Å². The highest BCUT2D eigenvalue weighted by Gasteiger charge is 2.36. The van der Waals surface area contributed by atoms with Gasteiger partial charge < -0.3 is 19.1 Å². The number of aryl methyl sites for hydroxylation is 1. The van der Waals surface area contributed by atoms with E-state index in [1.807, 2.05) is 18.2 Å². The smallest absolute Gasteiger partial charge is 0.231 e. The van der Waals surface area contributed by atoms with Gasteiger partial charge in [0.1, 0.15) is 0 Å². The van der Waals surface area contributed by atoms with Gasteiger partial charge in [0.2, 0.25) is 12.7 Å². The molecule has 1 saturated carbocycles. The average Bonchev–Trinajstić information content (AvgIpc) is 3.07. The number of fused-ring (bicyclic) bond motifs is 2. The van der Waals surface area contributed by atoms with E-state index in [2.05, 4.69) is 4.90 Å². The van der Waals surface area contributed by atoms with Gasteiger partial charge in [-0.25, -0.2) is 0 Å². The Balaban J connectivity index is 1.37. The Hall–Kier alpha value is -1.75. The summed E-state index contributed by atoms with van der Waals surface area (Å²) >= 11 is 0. The number of benzene rings is 1. The van der Waals surface area contributed by atoms with Crippen molar-refractivity contribution in [3.8, 4) is 11.5 Å². The molecule has 4 rings (SSSR count). The molecule has 0 bridgehead atoms. The molecule has 2 atom stereocenters. The van der Waals surface area contributed by atoms with Crippen molar-refractivity contribution in [1.29, 1.82) is 0 Å². The lowest BCUT2D eigenvalue weighted by atomic mass is 9.90. The molecular formula is C18H23NO4. The molecule has 1 aromatic rings. The van der Waals surface area contributed by atoms with Crippen molar-refractivity contribution >= 4 is 5.91 Å². The third-order valence-electron chi connectivity index (χ3n) is 5.12. The number of hydrogen-bond acceptors (Lipinski definition) is 4. The molecule has 1 aromatic carbocycles. The summed E-state index contributed by atoms with van der Waals surface area (Å²) in [5.74, 6) is 1.83. The highest BCUT2D eigenvalue weighted by atomic mass is 16.7. The summed E-state index contributed by atoms with van der Waals surface area (Å²) in [4.78, 5) is 14.7. The standard InChI is InChI=1S/C18H23NO4/c20-18(19-9-10-21-15-4-2-1-3-14(15)19)8-6-13-5-7-16-17(11-13)23-12-22-16/h5,7,11,14-15H,1-4,6,8-10,12H2. The maximum atomic E-state index is 12.7. The Morgan fingerprint density at radius 2 is 2.04 bits per heavy atom. The summed E-state index contributed by atoms with van der Waals surface area (Å²) in [6.07, 6.45) is 6.15. The molecule has 23 heavy (non-hydrogen) atoms. The maximum Gasteiger partial charge on any atom is 0.231 e. The molecule has 124 valence electrons. The van der Waals surface area contributed by atoms with Crippen LogP contribution in [-0.2, 0) is 16.0 Å².